The van der Waals surface area contributed by atoms with Gasteiger partial charge in [0.2, 0.25) is 0 Å². The van der Waals surface area contributed by atoms with Crippen molar-refractivity contribution in [2.75, 3.05) is 0 Å². The van der Waals surface area contributed by atoms with Gasteiger partial charge in [0.25, 0.3) is 0 Å². The first-order valence-corrected chi connectivity index (χ1v) is 12.1. The van der Waals surface area contributed by atoms with Gasteiger partial charge in [0.05, 0.1) is 0 Å². The predicted octanol–water partition coefficient (Wildman–Crippen LogP) is 8.38. The lowest BCUT2D eigenvalue weighted by atomic mass is 9.43. The van der Waals surface area contributed by atoms with Gasteiger partial charge in [0, 0.05) is 21.0 Å². The highest BCUT2D eigenvalue weighted by molar-refractivity contribution is 6.34. The van der Waals surface area contributed by atoms with Crippen LogP contribution >= 0.6 is 23.2 Å². The fourth-order valence-electron chi connectivity index (χ4n) is 8.02. The SMILES string of the molecule is Clc1ccc(-c2ccc3c(c2)C2(c4cccc(Cl)c4-3)C3CC4CC(C3)CC2C4)cc1. The van der Waals surface area contributed by atoms with Crippen LogP contribution < -0.4 is 0 Å². The van der Waals surface area contributed by atoms with E-state index in [9.17, 15) is 0 Å². The largest absolute Gasteiger partial charge is 0.0843 e. The summed E-state index contributed by atoms with van der Waals surface area (Å²) in [4.78, 5) is 0. The molecule has 150 valence electrons. The summed E-state index contributed by atoms with van der Waals surface area (Å²) in [6, 6.07) is 22.0. The van der Waals surface area contributed by atoms with Crippen molar-refractivity contribution in [2.24, 2.45) is 23.7 Å². The molecule has 0 heterocycles. The maximum absolute atomic E-state index is 6.85. The lowest BCUT2D eigenvalue weighted by Gasteiger charge is -2.61. The molecule has 4 bridgehead atoms. The van der Waals surface area contributed by atoms with E-state index >= 15 is 0 Å². The van der Waals surface area contributed by atoms with Gasteiger partial charge >= 0.3 is 0 Å². The van der Waals surface area contributed by atoms with E-state index < -0.39 is 0 Å². The molecule has 5 aliphatic carbocycles. The molecular weight excluding hydrogens is 407 g/mol. The zero-order chi connectivity index (χ0) is 20.0. The first-order chi connectivity index (χ1) is 14.6. The molecule has 3 aromatic carbocycles. The van der Waals surface area contributed by atoms with Crippen LogP contribution in [0.15, 0.2) is 60.7 Å². The Hall–Kier alpha value is -1.76. The highest BCUT2D eigenvalue weighted by Gasteiger charge is 2.61. The summed E-state index contributed by atoms with van der Waals surface area (Å²) in [5, 5.41) is 1.70. The van der Waals surface area contributed by atoms with E-state index in [-0.39, 0.29) is 5.41 Å². The van der Waals surface area contributed by atoms with Crippen molar-refractivity contribution in [1.82, 2.24) is 0 Å². The molecule has 0 radical (unpaired) electrons. The molecule has 0 aromatic heterocycles. The molecule has 4 fully saturated rings. The first-order valence-electron chi connectivity index (χ1n) is 11.3. The van der Waals surface area contributed by atoms with Gasteiger partial charge < -0.3 is 0 Å². The van der Waals surface area contributed by atoms with E-state index in [0.717, 1.165) is 33.7 Å². The second-order valence-electron chi connectivity index (χ2n) is 10.1. The Kier molecular flexibility index (Phi) is 3.66. The maximum Gasteiger partial charge on any atom is 0.0487 e. The number of hydrogen-bond donors (Lipinski definition) is 0. The number of fused-ring (bicyclic) bond motifs is 3. The van der Waals surface area contributed by atoms with Crippen molar-refractivity contribution in [1.29, 1.82) is 0 Å². The molecule has 0 saturated heterocycles. The Labute approximate surface area is 188 Å². The fourth-order valence-corrected chi connectivity index (χ4v) is 8.42. The van der Waals surface area contributed by atoms with E-state index in [1.54, 1.807) is 5.56 Å². The van der Waals surface area contributed by atoms with Crippen LogP contribution in [-0.2, 0) is 5.41 Å². The van der Waals surface area contributed by atoms with Gasteiger partial charge in [-0.3, -0.25) is 0 Å². The molecule has 0 unspecified atom stereocenters. The molecule has 8 rings (SSSR count). The molecule has 30 heavy (non-hydrogen) atoms. The Bertz CT molecular complexity index is 1150. The predicted molar refractivity (Wildman–Crippen MR) is 125 cm³/mol. The first kappa shape index (κ1) is 17.9. The van der Waals surface area contributed by atoms with E-state index in [0.29, 0.717) is 0 Å². The summed E-state index contributed by atoms with van der Waals surface area (Å²) in [5.41, 5.74) is 8.44. The Morgan fingerprint density at radius 3 is 2.03 bits per heavy atom. The average molecular weight is 431 g/mol. The summed E-state index contributed by atoms with van der Waals surface area (Å²) in [7, 11) is 0. The van der Waals surface area contributed by atoms with Gasteiger partial charge in [0.15, 0.2) is 0 Å². The second-order valence-corrected chi connectivity index (χ2v) is 10.9. The normalized spacial score (nSPS) is 32.5. The van der Waals surface area contributed by atoms with Crippen LogP contribution in [-0.4, -0.2) is 0 Å². The monoisotopic (exact) mass is 430 g/mol. The quantitative estimate of drug-likeness (QED) is 0.363. The molecular formula is C28H24Cl2. The Morgan fingerprint density at radius 2 is 1.33 bits per heavy atom. The van der Waals surface area contributed by atoms with Gasteiger partial charge in [0.1, 0.15) is 0 Å². The molecule has 3 aromatic rings. The maximum atomic E-state index is 6.85. The van der Waals surface area contributed by atoms with Gasteiger partial charge in [-0.05, 0) is 108 Å². The molecule has 4 saturated carbocycles. The van der Waals surface area contributed by atoms with Crippen LogP contribution in [0, 0.1) is 23.7 Å². The third-order valence-corrected chi connectivity index (χ3v) is 9.36. The molecule has 5 aliphatic rings. The van der Waals surface area contributed by atoms with Crippen LogP contribution in [0.1, 0.15) is 43.2 Å². The van der Waals surface area contributed by atoms with Crippen molar-refractivity contribution in [3.63, 3.8) is 0 Å². The third kappa shape index (κ3) is 2.20. The minimum Gasteiger partial charge on any atom is -0.0843 e. The molecule has 1 spiro atoms. The average Bonchev–Trinajstić information content (AvgIpc) is 3.03. The van der Waals surface area contributed by atoms with Gasteiger partial charge in [-0.1, -0.05) is 59.6 Å². The summed E-state index contributed by atoms with van der Waals surface area (Å²) in [5.74, 6) is 3.41. The summed E-state index contributed by atoms with van der Waals surface area (Å²) >= 11 is 13.0. The minimum atomic E-state index is 0.158. The van der Waals surface area contributed by atoms with Crippen LogP contribution in [0.25, 0.3) is 22.3 Å². The van der Waals surface area contributed by atoms with Crippen LogP contribution in [0.4, 0.5) is 0 Å². The summed E-state index contributed by atoms with van der Waals surface area (Å²) < 4.78 is 0. The Balaban J connectivity index is 1.50. The van der Waals surface area contributed by atoms with E-state index in [4.69, 9.17) is 23.2 Å². The molecule has 0 nitrogen and oxygen atoms in total. The van der Waals surface area contributed by atoms with Crippen LogP contribution in [0.5, 0.6) is 0 Å². The van der Waals surface area contributed by atoms with Crippen molar-refractivity contribution >= 4 is 23.2 Å². The van der Waals surface area contributed by atoms with Gasteiger partial charge in [-0.2, -0.15) is 0 Å². The summed E-state index contributed by atoms with van der Waals surface area (Å²) in [6.07, 6.45) is 7.05. The lowest BCUT2D eigenvalue weighted by Crippen LogP contribution is -2.55. The second kappa shape index (κ2) is 6.15. The number of halogens is 2. The zero-order valence-corrected chi connectivity index (χ0v) is 18.4. The fraction of sp³-hybridized carbons (Fsp3) is 0.357. The van der Waals surface area contributed by atoms with Gasteiger partial charge in [-0.25, -0.2) is 0 Å². The molecule has 2 heteroatoms. The van der Waals surface area contributed by atoms with E-state index in [1.807, 2.05) is 12.1 Å². The number of rotatable bonds is 1. The standard InChI is InChI=1S/C28H24Cl2/c29-22-7-4-18(5-8-22)19-6-9-23-25(15-19)28(24-2-1-3-26(30)27(23)24)20-11-16-10-17(13-20)14-21(28)12-16/h1-9,15-17,20-21H,10-14H2. The molecule has 0 amide bonds. The van der Waals surface area contributed by atoms with Crippen molar-refractivity contribution in [3.8, 4) is 22.3 Å². The van der Waals surface area contributed by atoms with E-state index in [1.165, 1.54) is 59.9 Å². The highest BCUT2D eigenvalue weighted by Crippen LogP contribution is 2.70. The summed E-state index contributed by atoms with van der Waals surface area (Å²) in [6.45, 7) is 0. The minimum absolute atomic E-state index is 0.158. The third-order valence-electron chi connectivity index (χ3n) is 8.80. The van der Waals surface area contributed by atoms with Crippen molar-refractivity contribution < 1.29 is 0 Å². The number of benzene rings is 3. The zero-order valence-electron chi connectivity index (χ0n) is 16.9. The van der Waals surface area contributed by atoms with E-state index in [2.05, 4.69) is 48.5 Å². The highest BCUT2D eigenvalue weighted by atomic mass is 35.5. The van der Waals surface area contributed by atoms with Crippen LogP contribution in [0.3, 0.4) is 0 Å². The molecule has 0 aliphatic heterocycles. The lowest BCUT2D eigenvalue weighted by molar-refractivity contribution is -0.0399. The topological polar surface area (TPSA) is 0 Å². The van der Waals surface area contributed by atoms with Gasteiger partial charge in [-0.15, -0.1) is 0 Å². The number of hydrogen-bond acceptors (Lipinski definition) is 0. The van der Waals surface area contributed by atoms with Crippen molar-refractivity contribution in [2.45, 2.75) is 37.5 Å². The van der Waals surface area contributed by atoms with Crippen molar-refractivity contribution in [3.05, 3.63) is 81.8 Å². The molecule has 0 atom stereocenters. The Morgan fingerprint density at radius 1 is 0.667 bits per heavy atom. The molecule has 0 N–H and O–H groups in total. The van der Waals surface area contributed by atoms with Crippen LogP contribution in [0.2, 0.25) is 10.0 Å². The smallest absolute Gasteiger partial charge is 0.0487 e.